The molecule has 2 heterocycles. The number of rotatable bonds is 6. The van der Waals surface area contributed by atoms with E-state index in [-0.39, 0.29) is 5.91 Å². The zero-order valence-electron chi connectivity index (χ0n) is 14.4. The molecule has 1 aliphatic heterocycles. The molecule has 1 amide bonds. The summed E-state index contributed by atoms with van der Waals surface area (Å²) in [6.07, 6.45) is 3.55. The Bertz CT molecular complexity index is 875. The fourth-order valence-electron chi connectivity index (χ4n) is 3.26. The Morgan fingerprint density at radius 3 is 2.77 bits per heavy atom. The molecular weight excluding hydrogens is 328 g/mol. The quantitative estimate of drug-likeness (QED) is 0.688. The average Bonchev–Trinajstić information content (AvgIpc) is 3.35. The van der Waals surface area contributed by atoms with Gasteiger partial charge in [0, 0.05) is 30.9 Å². The van der Waals surface area contributed by atoms with Crippen molar-refractivity contribution >= 4 is 11.6 Å². The standard InChI is InChI=1S/C19H20N6O/c26-19(16-6-8-17(9-7-16)25-14-21-22-23-25)20-11-3-12-24-13-10-15-4-1-2-5-18(15)24/h1-2,4-9,14H,3,10-13H2,(H,20,26). The topological polar surface area (TPSA) is 75.9 Å². The summed E-state index contributed by atoms with van der Waals surface area (Å²) in [6, 6.07) is 15.7. The van der Waals surface area contributed by atoms with E-state index in [1.807, 2.05) is 12.1 Å². The zero-order valence-corrected chi connectivity index (χ0v) is 14.4. The van der Waals surface area contributed by atoms with Gasteiger partial charge in [0.2, 0.25) is 0 Å². The van der Waals surface area contributed by atoms with E-state index in [0.29, 0.717) is 12.1 Å². The van der Waals surface area contributed by atoms with Gasteiger partial charge in [-0.05, 0) is 59.2 Å². The number of hydrogen-bond donors (Lipinski definition) is 1. The lowest BCUT2D eigenvalue weighted by Crippen LogP contribution is -2.29. The van der Waals surface area contributed by atoms with Gasteiger partial charge in [0.05, 0.1) is 5.69 Å². The third-order valence-electron chi connectivity index (χ3n) is 4.62. The van der Waals surface area contributed by atoms with Gasteiger partial charge in [0.25, 0.3) is 5.91 Å². The molecule has 0 saturated carbocycles. The first kappa shape index (κ1) is 16.3. The first-order chi connectivity index (χ1) is 12.8. The average molecular weight is 348 g/mol. The van der Waals surface area contributed by atoms with Crippen LogP contribution in [0.25, 0.3) is 5.69 Å². The summed E-state index contributed by atoms with van der Waals surface area (Å²) in [5.74, 6) is -0.0601. The fraction of sp³-hybridized carbons (Fsp3) is 0.263. The highest BCUT2D eigenvalue weighted by atomic mass is 16.1. The SMILES string of the molecule is O=C(NCCCN1CCc2ccccc21)c1ccc(-n2cnnn2)cc1. The number of para-hydroxylation sites is 1. The minimum absolute atomic E-state index is 0.0601. The monoisotopic (exact) mass is 348 g/mol. The molecule has 1 aliphatic rings. The van der Waals surface area contributed by atoms with Crippen LogP contribution in [0.4, 0.5) is 5.69 Å². The largest absolute Gasteiger partial charge is 0.371 e. The maximum Gasteiger partial charge on any atom is 0.251 e. The highest BCUT2D eigenvalue weighted by molar-refractivity contribution is 5.94. The number of carbonyl (C=O) groups is 1. The molecule has 0 bridgehead atoms. The Kier molecular flexibility index (Phi) is 4.59. The maximum atomic E-state index is 12.3. The van der Waals surface area contributed by atoms with Gasteiger partial charge in [0.1, 0.15) is 6.33 Å². The van der Waals surface area contributed by atoms with Crippen molar-refractivity contribution < 1.29 is 4.79 Å². The molecule has 7 heteroatoms. The normalized spacial score (nSPS) is 12.8. The first-order valence-electron chi connectivity index (χ1n) is 8.76. The summed E-state index contributed by atoms with van der Waals surface area (Å²) in [4.78, 5) is 14.7. The molecule has 0 radical (unpaired) electrons. The van der Waals surface area contributed by atoms with E-state index in [1.54, 1.807) is 16.8 Å². The number of amides is 1. The van der Waals surface area contributed by atoms with Crippen molar-refractivity contribution in [1.29, 1.82) is 0 Å². The lowest BCUT2D eigenvalue weighted by Gasteiger charge is -2.19. The maximum absolute atomic E-state index is 12.3. The molecule has 26 heavy (non-hydrogen) atoms. The predicted octanol–water partition coefficient (Wildman–Crippen LogP) is 1.84. The highest BCUT2D eigenvalue weighted by Gasteiger charge is 2.17. The lowest BCUT2D eigenvalue weighted by atomic mass is 10.2. The molecule has 1 N–H and O–H groups in total. The Labute approximate surface area is 151 Å². The van der Waals surface area contributed by atoms with Crippen molar-refractivity contribution in [2.45, 2.75) is 12.8 Å². The molecule has 2 aromatic carbocycles. The first-order valence-corrected chi connectivity index (χ1v) is 8.76. The van der Waals surface area contributed by atoms with Gasteiger partial charge in [-0.15, -0.1) is 5.10 Å². The molecule has 3 aromatic rings. The second kappa shape index (κ2) is 7.35. The number of aromatic nitrogens is 4. The number of hydrogen-bond acceptors (Lipinski definition) is 5. The number of carbonyl (C=O) groups excluding carboxylic acids is 1. The number of tetrazole rings is 1. The van der Waals surface area contributed by atoms with Crippen molar-refractivity contribution in [2.24, 2.45) is 0 Å². The number of nitrogens with zero attached hydrogens (tertiary/aromatic N) is 5. The minimum Gasteiger partial charge on any atom is -0.371 e. The smallest absolute Gasteiger partial charge is 0.251 e. The predicted molar refractivity (Wildman–Crippen MR) is 98.5 cm³/mol. The van der Waals surface area contributed by atoms with Crippen molar-refractivity contribution in [3.63, 3.8) is 0 Å². The van der Waals surface area contributed by atoms with Crippen LogP contribution in [0, 0.1) is 0 Å². The zero-order chi connectivity index (χ0) is 17.8. The summed E-state index contributed by atoms with van der Waals surface area (Å²) >= 11 is 0. The van der Waals surface area contributed by atoms with Gasteiger partial charge >= 0.3 is 0 Å². The van der Waals surface area contributed by atoms with Crippen LogP contribution in [0.5, 0.6) is 0 Å². The van der Waals surface area contributed by atoms with Gasteiger partial charge in [-0.2, -0.15) is 0 Å². The van der Waals surface area contributed by atoms with E-state index in [0.717, 1.165) is 31.6 Å². The molecule has 0 spiro atoms. The Balaban J connectivity index is 1.26. The van der Waals surface area contributed by atoms with Crippen LogP contribution < -0.4 is 10.2 Å². The second-order valence-corrected chi connectivity index (χ2v) is 6.28. The van der Waals surface area contributed by atoms with Crippen molar-refractivity contribution in [3.8, 4) is 5.69 Å². The van der Waals surface area contributed by atoms with E-state index >= 15 is 0 Å². The Hall–Kier alpha value is -3.22. The van der Waals surface area contributed by atoms with E-state index in [9.17, 15) is 4.79 Å². The van der Waals surface area contributed by atoms with Crippen molar-refractivity contribution in [3.05, 3.63) is 66.0 Å². The van der Waals surface area contributed by atoms with Crippen LogP contribution in [-0.4, -0.2) is 45.7 Å². The van der Waals surface area contributed by atoms with Crippen LogP contribution in [0.3, 0.4) is 0 Å². The number of anilines is 1. The summed E-state index contributed by atoms with van der Waals surface area (Å²) in [6.45, 7) is 2.67. The molecule has 0 aliphatic carbocycles. The summed E-state index contributed by atoms with van der Waals surface area (Å²) in [5, 5.41) is 14.0. The third kappa shape index (κ3) is 3.42. The van der Waals surface area contributed by atoms with E-state index in [1.165, 1.54) is 17.6 Å². The second-order valence-electron chi connectivity index (χ2n) is 6.28. The molecule has 1 aromatic heterocycles. The Morgan fingerprint density at radius 2 is 1.96 bits per heavy atom. The molecular formula is C19H20N6O. The molecule has 4 rings (SSSR count). The van der Waals surface area contributed by atoms with Crippen molar-refractivity contribution in [2.75, 3.05) is 24.5 Å². The van der Waals surface area contributed by atoms with Gasteiger partial charge in [-0.25, -0.2) is 4.68 Å². The summed E-state index contributed by atoms with van der Waals surface area (Å²) in [5.41, 5.74) is 4.20. The van der Waals surface area contributed by atoms with Crippen LogP contribution in [0.2, 0.25) is 0 Å². The van der Waals surface area contributed by atoms with Crippen LogP contribution in [0.15, 0.2) is 54.9 Å². The molecule has 0 unspecified atom stereocenters. The Morgan fingerprint density at radius 1 is 1.12 bits per heavy atom. The van der Waals surface area contributed by atoms with Crippen LogP contribution in [-0.2, 0) is 6.42 Å². The lowest BCUT2D eigenvalue weighted by molar-refractivity contribution is 0.0953. The van der Waals surface area contributed by atoms with E-state index in [4.69, 9.17) is 0 Å². The van der Waals surface area contributed by atoms with Gasteiger partial charge in [-0.1, -0.05) is 18.2 Å². The number of fused-ring (bicyclic) bond motifs is 1. The summed E-state index contributed by atoms with van der Waals surface area (Å²) < 4.78 is 1.55. The third-order valence-corrected chi connectivity index (χ3v) is 4.62. The fourth-order valence-corrected chi connectivity index (χ4v) is 3.26. The molecule has 0 fully saturated rings. The van der Waals surface area contributed by atoms with Crippen molar-refractivity contribution in [1.82, 2.24) is 25.5 Å². The van der Waals surface area contributed by atoms with E-state index in [2.05, 4.69) is 50.0 Å². The molecule has 0 atom stereocenters. The van der Waals surface area contributed by atoms with Crippen LogP contribution in [0.1, 0.15) is 22.3 Å². The molecule has 132 valence electrons. The number of benzene rings is 2. The minimum atomic E-state index is -0.0601. The molecule has 0 saturated heterocycles. The van der Waals surface area contributed by atoms with Gasteiger partial charge in [0.15, 0.2) is 0 Å². The van der Waals surface area contributed by atoms with E-state index < -0.39 is 0 Å². The van der Waals surface area contributed by atoms with Crippen LogP contribution >= 0.6 is 0 Å². The van der Waals surface area contributed by atoms with Gasteiger partial charge in [-0.3, -0.25) is 4.79 Å². The molecule has 7 nitrogen and oxygen atoms in total. The number of nitrogens with one attached hydrogen (secondary N) is 1. The summed E-state index contributed by atoms with van der Waals surface area (Å²) in [7, 11) is 0. The van der Waals surface area contributed by atoms with Gasteiger partial charge < -0.3 is 10.2 Å². The highest BCUT2D eigenvalue weighted by Crippen LogP contribution is 2.27.